The summed E-state index contributed by atoms with van der Waals surface area (Å²) in [7, 11) is 0. The number of halogens is 1. The number of carbonyl (C=O) groups excluding carboxylic acids is 2. The van der Waals surface area contributed by atoms with Crippen LogP contribution in [0.25, 0.3) is 11.1 Å². The summed E-state index contributed by atoms with van der Waals surface area (Å²) in [6.45, 7) is 1.48. The van der Waals surface area contributed by atoms with Crippen LogP contribution in [0.2, 0.25) is 5.02 Å². The summed E-state index contributed by atoms with van der Waals surface area (Å²) in [6, 6.07) is 14.3. The van der Waals surface area contributed by atoms with Gasteiger partial charge in [-0.3, -0.25) is 9.59 Å². The third-order valence-corrected chi connectivity index (χ3v) is 4.71. The first kappa shape index (κ1) is 19.3. The minimum absolute atomic E-state index is 0.00392. The van der Waals surface area contributed by atoms with E-state index in [0.717, 1.165) is 22.8 Å². The van der Waals surface area contributed by atoms with Crippen LogP contribution >= 0.6 is 23.4 Å². The van der Waals surface area contributed by atoms with E-state index in [2.05, 4.69) is 10.3 Å². The van der Waals surface area contributed by atoms with Gasteiger partial charge in [0, 0.05) is 5.02 Å². The van der Waals surface area contributed by atoms with Crippen LogP contribution < -0.4 is 5.32 Å². The number of nitrogens with one attached hydrogen (secondary N) is 1. The van der Waals surface area contributed by atoms with Crippen molar-refractivity contribution in [2.75, 3.05) is 12.4 Å². The summed E-state index contributed by atoms with van der Waals surface area (Å²) in [5.74, 6) is -0.903. The van der Waals surface area contributed by atoms with Gasteiger partial charge in [-0.1, -0.05) is 47.6 Å². The third-order valence-electron chi connectivity index (χ3n) is 3.68. The highest BCUT2D eigenvalue weighted by Gasteiger charge is 2.14. The molecule has 1 heterocycles. The number of esters is 1. The topological polar surface area (TPSA) is 81.4 Å². The lowest BCUT2D eigenvalue weighted by Gasteiger charge is -2.14. The number of oxazole rings is 1. The first-order valence-electron chi connectivity index (χ1n) is 8.20. The maximum absolute atomic E-state index is 11.9. The summed E-state index contributed by atoms with van der Waals surface area (Å²) in [6.07, 6.45) is 0. The lowest BCUT2D eigenvalue weighted by Crippen LogP contribution is -2.31. The molecular formula is C19H17ClN2O4S. The lowest BCUT2D eigenvalue weighted by atomic mass is 10.1. The Balaban J connectivity index is 1.42. The van der Waals surface area contributed by atoms with Crippen molar-refractivity contribution in [1.82, 2.24) is 10.3 Å². The number of para-hydroxylation sites is 2. The fourth-order valence-corrected chi connectivity index (χ4v) is 3.20. The van der Waals surface area contributed by atoms with Gasteiger partial charge in [0.1, 0.15) is 11.3 Å². The van der Waals surface area contributed by atoms with E-state index in [0.29, 0.717) is 15.8 Å². The molecule has 0 saturated carbocycles. The van der Waals surface area contributed by atoms with Crippen LogP contribution in [0.1, 0.15) is 18.5 Å². The molecule has 8 heteroatoms. The van der Waals surface area contributed by atoms with Gasteiger partial charge in [-0.15, -0.1) is 0 Å². The number of rotatable bonds is 7. The van der Waals surface area contributed by atoms with Crippen LogP contribution in [-0.4, -0.2) is 29.2 Å². The van der Waals surface area contributed by atoms with E-state index in [4.69, 9.17) is 20.8 Å². The summed E-state index contributed by atoms with van der Waals surface area (Å²) in [5.41, 5.74) is 2.25. The number of ether oxygens (including phenoxy) is 1. The highest BCUT2D eigenvalue weighted by molar-refractivity contribution is 7.99. The molecule has 0 aliphatic rings. The molecule has 1 amide bonds. The Morgan fingerprint density at radius 1 is 1.26 bits per heavy atom. The van der Waals surface area contributed by atoms with Gasteiger partial charge in [-0.2, -0.15) is 0 Å². The van der Waals surface area contributed by atoms with Crippen molar-refractivity contribution in [2.45, 2.75) is 18.2 Å². The summed E-state index contributed by atoms with van der Waals surface area (Å²) >= 11 is 7.06. The number of aromatic nitrogens is 1. The van der Waals surface area contributed by atoms with Gasteiger partial charge in [0.15, 0.2) is 12.2 Å². The highest BCUT2D eigenvalue weighted by atomic mass is 35.5. The molecule has 1 N–H and O–H groups in total. The van der Waals surface area contributed by atoms with E-state index in [9.17, 15) is 9.59 Å². The number of hydrogen-bond donors (Lipinski definition) is 1. The third kappa shape index (κ3) is 5.48. The van der Waals surface area contributed by atoms with Crippen molar-refractivity contribution < 1.29 is 18.7 Å². The van der Waals surface area contributed by atoms with E-state index in [-0.39, 0.29) is 24.3 Å². The molecule has 3 aromatic rings. The predicted octanol–water partition coefficient (Wildman–Crippen LogP) is 3.99. The molecule has 6 nitrogen and oxygen atoms in total. The second-order valence-electron chi connectivity index (χ2n) is 5.74. The average Bonchev–Trinajstić information content (AvgIpc) is 3.07. The maximum atomic E-state index is 11.9. The van der Waals surface area contributed by atoms with Crippen molar-refractivity contribution in [3.05, 3.63) is 59.1 Å². The number of fused-ring (bicyclic) bond motifs is 1. The van der Waals surface area contributed by atoms with Crippen molar-refractivity contribution in [2.24, 2.45) is 0 Å². The van der Waals surface area contributed by atoms with Gasteiger partial charge >= 0.3 is 5.97 Å². The monoisotopic (exact) mass is 404 g/mol. The number of amides is 1. The predicted molar refractivity (Wildman–Crippen MR) is 104 cm³/mol. The zero-order valence-electron chi connectivity index (χ0n) is 14.5. The van der Waals surface area contributed by atoms with Crippen molar-refractivity contribution >= 4 is 46.3 Å². The maximum Gasteiger partial charge on any atom is 0.316 e. The van der Waals surface area contributed by atoms with E-state index in [1.807, 2.05) is 37.3 Å². The zero-order chi connectivity index (χ0) is 19.2. The zero-order valence-corrected chi connectivity index (χ0v) is 16.0. The van der Waals surface area contributed by atoms with Gasteiger partial charge in [-0.25, -0.2) is 4.98 Å². The van der Waals surface area contributed by atoms with Crippen LogP contribution in [0.5, 0.6) is 0 Å². The molecule has 2 aromatic carbocycles. The van der Waals surface area contributed by atoms with Crippen LogP contribution in [-0.2, 0) is 14.3 Å². The number of nitrogens with zero attached hydrogens (tertiary/aromatic N) is 1. The minimum Gasteiger partial charge on any atom is -0.455 e. The molecule has 140 valence electrons. The van der Waals surface area contributed by atoms with E-state index in [1.54, 1.807) is 18.2 Å². The van der Waals surface area contributed by atoms with Gasteiger partial charge in [0.25, 0.3) is 11.1 Å². The average molecular weight is 405 g/mol. The Morgan fingerprint density at radius 3 is 2.85 bits per heavy atom. The number of thioether (sulfide) groups is 1. The van der Waals surface area contributed by atoms with Crippen LogP contribution in [0.15, 0.2) is 58.2 Å². The second-order valence-corrected chi connectivity index (χ2v) is 7.10. The first-order valence-corrected chi connectivity index (χ1v) is 9.56. The van der Waals surface area contributed by atoms with Crippen LogP contribution in [0.3, 0.4) is 0 Å². The van der Waals surface area contributed by atoms with Crippen molar-refractivity contribution in [3.63, 3.8) is 0 Å². The molecule has 3 rings (SSSR count). The summed E-state index contributed by atoms with van der Waals surface area (Å²) < 4.78 is 10.5. The smallest absolute Gasteiger partial charge is 0.316 e. The normalized spacial score (nSPS) is 11.9. The minimum atomic E-state index is -0.521. The van der Waals surface area contributed by atoms with Gasteiger partial charge in [0.2, 0.25) is 0 Å². The Morgan fingerprint density at radius 2 is 2.07 bits per heavy atom. The fourth-order valence-electron chi connectivity index (χ4n) is 2.36. The molecule has 27 heavy (non-hydrogen) atoms. The van der Waals surface area contributed by atoms with Crippen LogP contribution in [0.4, 0.5) is 0 Å². The van der Waals surface area contributed by atoms with Crippen molar-refractivity contribution in [1.29, 1.82) is 0 Å². The molecule has 1 atom stereocenters. The lowest BCUT2D eigenvalue weighted by molar-refractivity contribution is -0.146. The molecule has 0 fully saturated rings. The van der Waals surface area contributed by atoms with Gasteiger partial charge in [0.05, 0.1) is 6.04 Å². The van der Waals surface area contributed by atoms with Crippen LogP contribution in [0, 0.1) is 0 Å². The SMILES string of the molecule is C[C@@H](NC(=O)COC(=O)CSc1nc2ccccc2o1)c1cccc(Cl)c1. The van der Waals surface area contributed by atoms with Gasteiger partial charge < -0.3 is 14.5 Å². The molecule has 0 spiro atoms. The van der Waals surface area contributed by atoms with E-state index < -0.39 is 5.97 Å². The number of hydrogen-bond acceptors (Lipinski definition) is 6. The molecule has 0 aliphatic carbocycles. The Bertz CT molecular complexity index is 927. The Hall–Kier alpha value is -2.51. The Kier molecular flexibility index (Phi) is 6.36. The highest BCUT2D eigenvalue weighted by Crippen LogP contribution is 2.23. The van der Waals surface area contributed by atoms with Crippen molar-refractivity contribution in [3.8, 4) is 0 Å². The number of benzene rings is 2. The number of carbonyl (C=O) groups is 2. The quantitative estimate of drug-likeness (QED) is 0.473. The molecule has 1 aromatic heterocycles. The standard InChI is InChI=1S/C19H17ClN2O4S/c1-12(13-5-4-6-14(20)9-13)21-17(23)10-25-18(24)11-27-19-22-15-7-2-3-8-16(15)26-19/h2-9,12H,10-11H2,1H3,(H,21,23)/t12-/m1/s1. The fraction of sp³-hybridized carbons (Fsp3) is 0.211. The second kappa shape index (κ2) is 8.92. The van der Waals surface area contributed by atoms with Gasteiger partial charge in [-0.05, 0) is 36.8 Å². The molecule has 0 aliphatic heterocycles. The molecule has 0 unspecified atom stereocenters. The summed E-state index contributed by atoms with van der Waals surface area (Å²) in [4.78, 5) is 28.0. The molecular weight excluding hydrogens is 388 g/mol. The summed E-state index contributed by atoms with van der Waals surface area (Å²) in [5, 5.41) is 3.73. The molecule has 0 radical (unpaired) electrons. The largest absolute Gasteiger partial charge is 0.455 e. The van der Waals surface area contributed by atoms with E-state index >= 15 is 0 Å². The first-order chi connectivity index (χ1) is 13.0. The molecule has 0 saturated heterocycles. The van der Waals surface area contributed by atoms with E-state index in [1.165, 1.54) is 0 Å². The Labute approximate surface area is 165 Å². The molecule has 0 bridgehead atoms.